The van der Waals surface area contributed by atoms with Gasteiger partial charge in [0.2, 0.25) is 0 Å². The van der Waals surface area contributed by atoms with E-state index in [4.69, 9.17) is 11.6 Å². The third-order valence-electron chi connectivity index (χ3n) is 7.14. The smallest absolute Gasteiger partial charge is 0.186 e. The summed E-state index contributed by atoms with van der Waals surface area (Å²) in [5.74, 6) is 1.32. The first kappa shape index (κ1) is 23.2. The van der Waals surface area contributed by atoms with Gasteiger partial charge in [-0.3, -0.25) is 5.10 Å². The molecular weight excluding hydrogens is 448 g/mol. The van der Waals surface area contributed by atoms with Gasteiger partial charge in [0.25, 0.3) is 0 Å². The molecule has 0 atom stereocenters. The van der Waals surface area contributed by atoms with Crippen molar-refractivity contribution in [3.63, 3.8) is 0 Å². The molecule has 0 saturated carbocycles. The summed E-state index contributed by atoms with van der Waals surface area (Å²) < 4.78 is 0. The molecule has 2 N–H and O–H groups in total. The number of halogens is 1. The molecule has 3 aromatic rings. The summed E-state index contributed by atoms with van der Waals surface area (Å²) in [6.07, 6.45) is 4.27. The molecule has 2 aliphatic rings. The molecule has 4 heterocycles. The number of H-pyrrole nitrogens is 1. The van der Waals surface area contributed by atoms with Gasteiger partial charge in [-0.25, -0.2) is 9.97 Å². The van der Waals surface area contributed by atoms with Crippen molar-refractivity contribution in [1.82, 2.24) is 25.1 Å². The molecular formula is C25H35ClN8. The highest BCUT2D eigenvalue weighted by Gasteiger charge is 2.25. The van der Waals surface area contributed by atoms with Crippen molar-refractivity contribution in [2.24, 2.45) is 0 Å². The minimum atomic E-state index is 0.335. The molecule has 8 nitrogen and oxygen atoms in total. The fraction of sp³-hybridized carbons (Fsp3) is 0.560. The van der Waals surface area contributed by atoms with E-state index in [1.807, 2.05) is 0 Å². The summed E-state index contributed by atoms with van der Waals surface area (Å²) >= 11 is 6.56. The molecule has 34 heavy (non-hydrogen) atoms. The van der Waals surface area contributed by atoms with Gasteiger partial charge in [-0.05, 0) is 56.5 Å². The third-order valence-corrected chi connectivity index (χ3v) is 7.36. The Kier molecular flexibility index (Phi) is 6.79. The summed E-state index contributed by atoms with van der Waals surface area (Å²) in [6.45, 7) is 14.6. The van der Waals surface area contributed by atoms with Crippen molar-refractivity contribution in [1.29, 1.82) is 0 Å². The Labute approximate surface area is 206 Å². The van der Waals surface area contributed by atoms with Crippen LogP contribution in [0.15, 0.2) is 18.5 Å². The van der Waals surface area contributed by atoms with E-state index in [2.05, 4.69) is 73.1 Å². The normalized spacial score (nSPS) is 17.3. The van der Waals surface area contributed by atoms with Gasteiger partial charge in [-0.2, -0.15) is 5.10 Å². The average molecular weight is 483 g/mol. The van der Waals surface area contributed by atoms with E-state index in [0.29, 0.717) is 5.92 Å². The van der Waals surface area contributed by atoms with Crippen molar-refractivity contribution in [2.75, 3.05) is 67.5 Å². The number of aromatic nitrogens is 4. The maximum Gasteiger partial charge on any atom is 0.186 e. The molecule has 9 heteroatoms. The number of nitrogens with one attached hydrogen (secondary N) is 2. The summed E-state index contributed by atoms with van der Waals surface area (Å²) in [6, 6.07) is 4.17. The van der Waals surface area contributed by atoms with Crippen molar-refractivity contribution in [3.05, 3.63) is 34.7 Å². The second-order valence-electron chi connectivity index (χ2n) is 9.73. The number of piperazine rings is 1. The molecule has 0 aliphatic carbocycles. The average Bonchev–Trinajstić information content (AvgIpc) is 3.51. The van der Waals surface area contributed by atoms with Crippen LogP contribution in [0.25, 0.3) is 11.0 Å². The highest BCUT2D eigenvalue weighted by molar-refractivity contribution is 6.31. The topological polar surface area (TPSA) is 76.2 Å². The van der Waals surface area contributed by atoms with Crippen LogP contribution in [0, 0.1) is 6.92 Å². The van der Waals surface area contributed by atoms with Gasteiger partial charge in [0.1, 0.15) is 12.1 Å². The minimum Gasteiger partial charge on any atom is -0.383 e. The van der Waals surface area contributed by atoms with Crippen LogP contribution in [0.1, 0.15) is 43.9 Å². The fourth-order valence-electron chi connectivity index (χ4n) is 5.21. The van der Waals surface area contributed by atoms with Crippen LogP contribution < -0.4 is 15.1 Å². The van der Waals surface area contributed by atoms with E-state index in [9.17, 15) is 0 Å². The minimum absolute atomic E-state index is 0.335. The zero-order valence-electron chi connectivity index (χ0n) is 20.4. The molecule has 0 spiro atoms. The number of aromatic amines is 1. The number of hydrogen-bond acceptors (Lipinski definition) is 7. The molecule has 0 bridgehead atoms. The van der Waals surface area contributed by atoms with Crippen LogP contribution >= 0.6 is 11.6 Å². The lowest BCUT2D eigenvalue weighted by Crippen LogP contribution is -2.47. The highest BCUT2D eigenvalue weighted by Crippen LogP contribution is 2.34. The first-order valence-corrected chi connectivity index (χ1v) is 12.8. The van der Waals surface area contributed by atoms with Crippen molar-refractivity contribution < 1.29 is 0 Å². The predicted octanol–water partition coefficient (Wildman–Crippen LogP) is 4.27. The van der Waals surface area contributed by atoms with Gasteiger partial charge in [0, 0.05) is 55.7 Å². The number of rotatable bonds is 7. The van der Waals surface area contributed by atoms with Crippen molar-refractivity contribution in [2.45, 2.75) is 39.5 Å². The van der Waals surface area contributed by atoms with Gasteiger partial charge in [-0.1, -0.05) is 25.4 Å². The molecule has 2 saturated heterocycles. The number of nitrogens with zero attached hydrogens (tertiary/aromatic N) is 6. The molecule has 0 unspecified atom stereocenters. The lowest BCUT2D eigenvalue weighted by atomic mass is 10.1. The van der Waals surface area contributed by atoms with Crippen molar-refractivity contribution >= 4 is 39.8 Å². The van der Waals surface area contributed by atoms with Crippen LogP contribution in [0.4, 0.5) is 17.2 Å². The molecule has 5 rings (SSSR count). The maximum absolute atomic E-state index is 6.56. The molecule has 182 valence electrons. The second kappa shape index (κ2) is 9.96. The van der Waals surface area contributed by atoms with Crippen LogP contribution in [0.5, 0.6) is 0 Å². The second-order valence-corrected chi connectivity index (χ2v) is 10.2. The number of anilines is 3. The van der Waals surface area contributed by atoms with E-state index in [-0.39, 0.29) is 0 Å². The Morgan fingerprint density at radius 2 is 1.76 bits per heavy atom. The quantitative estimate of drug-likeness (QED) is 0.520. The SMILES string of the molecule is Cc1c(NCCN2CCCC2)cc(Cl)cc1N1CCN(c2ncnc3n[nH]c(C(C)C)c23)CC1. The van der Waals surface area contributed by atoms with Crippen molar-refractivity contribution in [3.8, 4) is 0 Å². The Morgan fingerprint density at radius 3 is 2.50 bits per heavy atom. The van der Waals surface area contributed by atoms with E-state index in [0.717, 1.165) is 72.5 Å². The number of benzene rings is 1. The first-order chi connectivity index (χ1) is 16.5. The van der Waals surface area contributed by atoms with Crippen LogP contribution in [-0.4, -0.2) is 77.4 Å². The van der Waals surface area contributed by atoms with E-state index in [1.165, 1.54) is 37.2 Å². The molecule has 2 aliphatic heterocycles. The third kappa shape index (κ3) is 4.66. The lowest BCUT2D eigenvalue weighted by molar-refractivity contribution is 0.352. The predicted molar refractivity (Wildman–Crippen MR) is 141 cm³/mol. The van der Waals surface area contributed by atoms with Gasteiger partial charge >= 0.3 is 0 Å². The Balaban J connectivity index is 1.29. The zero-order valence-corrected chi connectivity index (χ0v) is 21.2. The Bertz CT molecular complexity index is 1130. The number of likely N-dealkylation sites (tertiary alicyclic amines) is 1. The molecule has 2 fully saturated rings. The summed E-state index contributed by atoms with van der Waals surface area (Å²) in [5.41, 5.74) is 5.46. The Morgan fingerprint density at radius 1 is 1.03 bits per heavy atom. The van der Waals surface area contributed by atoms with Gasteiger partial charge < -0.3 is 20.0 Å². The fourth-order valence-corrected chi connectivity index (χ4v) is 5.42. The molecule has 0 radical (unpaired) electrons. The maximum atomic E-state index is 6.56. The van der Waals surface area contributed by atoms with Gasteiger partial charge in [0.05, 0.1) is 11.1 Å². The summed E-state index contributed by atoms with van der Waals surface area (Å²) in [4.78, 5) is 16.4. The molecule has 1 aromatic carbocycles. The monoisotopic (exact) mass is 482 g/mol. The van der Waals surface area contributed by atoms with Gasteiger partial charge in [0.15, 0.2) is 5.65 Å². The molecule has 0 amide bonds. The number of fused-ring (bicyclic) bond motifs is 1. The summed E-state index contributed by atoms with van der Waals surface area (Å²) in [7, 11) is 0. The first-order valence-electron chi connectivity index (χ1n) is 12.5. The number of hydrogen-bond donors (Lipinski definition) is 2. The van der Waals surface area contributed by atoms with E-state index < -0.39 is 0 Å². The van der Waals surface area contributed by atoms with Crippen LogP contribution in [0.2, 0.25) is 5.02 Å². The van der Waals surface area contributed by atoms with E-state index in [1.54, 1.807) is 6.33 Å². The van der Waals surface area contributed by atoms with E-state index >= 15 is 0 Å². The largest absolute Gasteiger partial charge is 0.383 e. The van der Waals surface area contributed by atoms with Crippen LogP contribution in [0.3, 0.4) is 0 Å². The van der Waals surface area contributed by atoms with Crippen LogP contribution in [-0.2, 0) is 0 Å². The standard InChI is InChI=1S/C25H35ClN8/c1-17(2)23-22-24(31-30-23)28-16-29-25(22)34-12-10-33(11-13-34)21-15-19(26)14-20(18(21)3)27-6-9-32-7-4-5-8-32/h14-17,27H,4-13H2,1-3H3,(H,28,29,30,31). The Hall–Kier alpha value is -2.58. The highest BCUT2D eigenvalue weighted by atomic mass is 35.5. The van der Waals surface area contributed by atoms with Gasteiger partial charge in [-0.15, -0.1) is 0 Å². The molecule has 2 aromatic heterocycles. The summed E-state index contributed by atoms with van der Waals surface area (Å²) in [5, 5.41) is 13.0. The zero-order chi connectivity index (χ0) is 23.7. The lowest BCUT2D eigenvalue weighted by Gasteiger charge is -2.38.